The third-order valence-electron chi connectivity index (χ3n) is 3.17. The van der Waals surface area contributed by atoms with Crippen LogP contribution in [0.5, 0.6) is 0 Å². The molecule has 0 amide bonds. The van der Waals surface area contributed by atoms with Crippen LogP contribution in [-0.2, 0) is 0 Å². The van der Waals surface area contributed by atoms with E-state index in [1.165, 1.54) is 11.1 Å². The number of rotatable bonds is 4. The van der Waals surface area contributed by atoms with E-state index < -0.39 is 0 Å². The lowest BCUT2D eigenvalue weighted by atomic mass is 9.82. The molecule has 2 aromatic carbocycles. The number of hydrogen-bond acceptors (Lipinski definition) is 1. The first-order valence-electron chi connectivity index (χ1n) is 6.03. The molecule has 0 heterocycles. The summed E-state index contributed by atoms with van der Waals surface area (Å²) >= 11 is 0. The highest BCUT2D eigenvalue weighted by atomic mass is 16.3. The zero-order valence-corrected chi connectivity index (χ0v) is 10.1. The van der Waals surface area contributed by atoms with E-state index in [4.69, 9.17) is 0 Å². The highest BCUT2D eigenvalue weighted by Crippen LogP contribution is 2.31. The Kier molecular flexibility index (Phi) is 3.94. The lowest BCUT2D eigenvalue weighted by Gasteiger charge is -2.23. The Hall–Kier alpha value is -1.60. The van der Waals surface area contributed by atoms with Crippen LogP contribution < -0.4 is 0 Å². The van der Waals surface area contributed by atoms with Gasteiger partial charge in [0.05, 0.1) is 0 Å². The van der Waals surface area contributed by atoms with Crippen LogP contribution >= 0.6 is 0 Å². The van der Waals surface area contributed by atoms with Gasteiger partial charge in [0.25, 0.3) is 0 Å². The highest BCUT2D eigenvalue weighted by Gasteiger charge is 2.20. The van der Waals surface area contributed by atoms with Crippen molar-refractivity contribution in [3.63, 3.8) is 0 Å². The van der Waals surface area contributed by atoms with Gasteiger partial charge in [-0.25, -0.2) is 0 Å². The average Bonchev–Trinajstić information content (AvgIpc) is 2.41. The summed E-state index contributed by atoms with van der Waals surface area (Å²) in [5, 5.41) is 9.43. The Morgan fingerprint density at radius 2 is 1.24 bits per heavy atom. The molecule has 88 valence electrons. The Bertz CT molecular complexity index is 396. The lowest BCUT2D eigenvalue weighted by molar-refractivity contribution is 0.225. The van der Waals surface area contributed by atoms with Gasteiger partial charge in [-0.3, -0.25) is 0 Å². The van der Waals surface area contributed by atoms with Crippen LogP contribution in [0.25, 0.3) is 0 Å². The summed E-state index contributed by atoms with van der Waals surface area (Å²) in [6.45, 7) is 2.29. The molecule has 0 fully saturated rings. The molecule has 0 aliphatic carbocycles. The van der Waals surface area contributed by atoms with Crippen molar-refractivity contribution in [3.05, 3.63) is 71.8 Å². The molecule has 0 saturated heterocycles. The summed E-state index contributed by atoms with van der Waals surface area (Å²) in [7, 11) is 0. The topological polar surface area (TPSA) is 20.2 Å². The van der Waals surface area contributed by atoms with Gasteiger partial charge < -0.3 is 5.11 Å². The Balaban J connectivity index is 2.39. The van der Waals surface area contributed by atoms with Gasteiger partial charge in [0.15, 0.2) is 0 Å². The highest BCUT2D eigenvalue weighted by molar-refractivity contribution is 5.33. The number of hydrogen-bond donors (Lipinski definition) is 1. The second kappa shape index (κ2) is 5.65. The number of benzene rings is 2. The third-order valence-corrected chi connectivity index (χ3v) is 3.17. The van der Waals surface area contributed by atoms with Crippen LogP contribution in [0.15, 0.2) is 60.7 Å². The third kappa shape index (κ3) is 2.75. The molecule has 0 aromatic heterocycles. The van der Waals surface area contributed by atoms with Gasteiger partial charge in [-0.05, 0) is 17.0 Å². The van der Waals surface area contributed by atoms with E-state index in [-0.39, 0.29) is 18.4 Å². The van der Waals surface area contributed by atoms with Crippen molar-refractivity contribution in [1.82, 2.24) is 0 Å². The molecule has 2 rings (SSSR count). The van der Waals surface area contributed by atoms with Crippen LogP contribution in [0.1, 0.15) is 24.0 Å². The van der Waals surface area contributed by atoms with E-state index in [0.29, 0.717) is 0 Å². The van der Waals surface area contributed by atoms with Gasteiger partial charge in [0.2, 0.25) is 0 Å². The van der Waals surface area contributed by atoms with Gasteiger partial charge in [0, 0.05) is 12.5 Å². The summed E-state index contributed by atoms with van der Waals surface area (Å²) < 4.78 is 0. The monoisotopic (exact) mass is 226 g/mol. The molecule has 1 heteroatoms. The molecule has 0 spiro atoms. The Morgan fingerprint density at radius 3 is 1.59 bits per heavy atom. The van der Waals surface area contributed by atoms with E-state index in [0.717, 1.165) is 0 Å². The van der Waals surface area contributed by atoms with Crippen molar-refractivity contribution in [2.24, 2.45) is 5.92 Å². The molecule has 2 aromatic rings. The fraction of sp³-hybridized carbons (Fsp3) is 0.250. The predicted octanol–water partition coefficient (Wildman–Crippen LogP) is 3.45. The van der Waals surface area contributed by atoms with Crippen molar-refractivity contribution in [3.8, 4) is 0 Å². The molecule has 0 saturated carbocycles. The maximum absolute atomic E-state index is 9.43. The lowest BCUT2D eigenvalue weighted by Crippen LogP contribution is -2.14. The molecular formula is C16H18O. The molecule has 0 radical (unpaired) electrons. The number of aliphatic hydroxyl groups is 1. The van der Waals surface area contributed by atoms with Crippen molar-refractivity contribution in [2.75, 3.05) is 6.61 Å². The van der Waals surface area contributed by atoms with Crippen molar-refractivity contribution in [1.29, 1.82) is 0 Å². The van der Waals surface area contributed by atoms with E-state index >= 15 is 0 Å². The normalized spacial score (nSPS) is 12.6. The fourth-order valence-electron chi connectivity index (χ4n) is 2.28. The zero-order valence-electron chi connectivity index (χ0n) is 10.1. The molecule has 0 aliphatic heterocycles. The van der Waals surface area contributed by atoms with Crippen molar-refractivity contribution in [2.45, 2.75) is 12.8 Å². The van der Waals surface area contributed by atoms with Gasteiger partial charge in [-0.1, -0.05) is 67.6 Å². The zero-order chi connectivity index (χ0) is 12.1. The quantitative estimate of drug-likeness (QED) is 0.846. The van der Waals surface area contributed by atoms with Gasteiger partial charge >= 0.3 is 0 Å². The Morgan fingerprint density at radius 1 is 0.824 bits per heavy atom. The van der Waals surface area contributed by atoms with Gasteiger partial charge in [0.1, 0.15) is 0 Å². The molecule has 1 unspecified atom stereocenters. The largest absolute Gasteiger partial charge is 0.396 e. The SMILES string of the molecule is CC(CO)C(c1ccccc1)c1ccccc1. The summed E-state index contributed by atoms with van der Waals surface area (Å²) in [5.74, 6) is 0.488. The van der Waals surface area contributed by atoms with Crippen LogP contribution in [0.2, 0.25) is 0 Å². The maximum Gasteiger partial charge on any atom is 0.0465 e. The standard InChI is InChI=1S/C16H18O/c1-13(12-17)16(14-8-4-2-5-9-14)15-10-6-3-7-11-15/h2-11,13,16-17H,12H2,1H3. The van der Waals surface area contributed by atoms with Crippen molar-refractivity contribution < 1.29 is 5.11 Å². The molecular weight excluding hydrogens is 208 g/mol. The molecule has 0 bridgehead atoms. The van der Waals surface area contributed by atoms with Crippen molar-refractivity contribution >= 4 is 0 Å². The summed E-state index contributed by atoms with van der Waals surface area (Å²) in [6.07, 6.45) is 0. The van der Waals surface area contributed by atoms with Crippen LogP contribution in [0.3, 0.4) is 0 Å². The summed E-state index contributed by atoms with van der Waals surface area (Å²) in [5.41, 5.74) is 2.53. The molecule has 0 aliphatic rings. The van der Waals surface area contributed by atoms with E-state index in [1.807, 2.05) is 12.1 Å². The smallest absolute Gasteiger partial charge is 0.0465 e. The maximum atomic E-state index is 9.43. The Labute approximate surface area is 103 Å². The second-order valence-corrected chi connectivity index (χ2v) is 4.46. The van der Waals surface area contributed by atoms with Crippen LogP contribution in [0, 0.1) is 5.92 Å². The first-order valence-corrected chi connectivity index (χ1v) is 6.03. The molecule has 1 nitrogen and oxygen atoms in total. The summed E-state index contributed by atoms with van der Waals surface area (Å²) in [4.78, 5) is 0. The minimum atomic E-state index is 0.203. The van der Waals surface area contributed by atoms with E-state index in [9.17, 15) is 5.11 Å². The first-order chi connectivity index (χ1) is 8.33. The van der Waals surface area contributed by atoms with Gasteiger partial charge in [-0.2, -0.15) is 0 Å². The average molecular weight is 226 g/mol. The minimum absolute atomic E-state index is 0.203. The summed E-state index contributed by atoms with van der Waals surface area (Å²) in [6, 6.07) is 20.8. The molecule has 17 heavy (non-hydrogen) atoms. The van der Waals surface area contributed by atoms with Crippen LogP contribution in [-0.4, -0.2) is 11.7 Å². The van der Waals surface area contributed by atoms with E-state index in [1.54, 1.807) is 0 Å². The predicted molar refractivity (Wildman–Crippen MR) is 71.0 cm³/mol. The van der Waals surface area contributed by atoms with E-state index in [2.05, 4.69) is 55.5 Å². The van der Waals surface area contributed by atoms with Gasteiger partial charge in [-0.15, -0.1) is 0 Å². The minimum Gasteiger partial charge on any atom is -0.396 e. The molecule has 1 N–H and O–H groups in total. The second-order valence-electron chi connectivity index (χ2n) is 4.46. The molecule has 1 atom stereocenters. The van der Waals surface area contributed by atoms with Crippen LogP contribution in [0.4, 0.5) is 0 Å². The first kappa shape index (κ1) is 11.9. The number of aliphatic hydroxyl groups excluding tert-OH is 1. The fourth-order valence-corrected chi connectivity index (χ4v) is 2.28.